The molecule has 5 nitrogen and oxygen atoms in total. The molecule has 92 valence electrons. The van der Waals surface area contributed by atoms with Gasteiger partial charge in [-0.1, -0.05) is 24.3 Å². The van der Waals surface area contributed by atoms with E-state index in [1.807, 2.05) is 0 Å². The molecular weight excluding hydrogens is 294 g/mol. The number of benzene rings is 1. The molecule has 2 aromatic rings. The molecule has 6 heteroatoms. The SMILES string of the molecule is NNc1ncc(Br)c(N2Cc3ccccc3C2)n1. The minimum atomic E-state index is 0.421. The molecule has 3 rings (SSSR count). The highest BCUT2D eigenvalue weighted by atomic mass is 79.9. The Hall–Kier alpha value is -1.66. The maximum Gasteiger partial charge on any atom is 0.239 e. The number of halogens is 1. The van der Waals surface area contributed by atoms with Crippen molar-refractivity contribution in [3.63, 3.8) is 0 Å². The van der Waals surface area contributed by atoms with Gasteiger partial charge in [0.1, 0.15) is 5.82 Å². The normalized spacial score (nSPS) is 13.6. The lowest BCUT2D eigenvalue weighted by Crippen LogP contribution is -2.19. The van der Waals surface area contributed by atoms with Crippen molar-refractivity contribution in [1.29, 1.82) is 0 Å². The van der Waals surface area contributed by atoms with E-state index in [0.717, 1.165) is 23.4 Å². The van der Waals surface area contributed by atoms with Crippen molar-refractivity contribution in [3.05, 3.63) is 46.1 Å². The molecule has 1 aliphatic rings. The summed E-state index contributed by atoms with van der Waals surface area (Å²) < 4.78 is 0.870. The van der Waals surface area contributed by atoms with Gasteiger partial charge in [-0.15, -0.1) is 0 Å². The minimum Gasteiger partial charge on any atom is -0.347 e. The van der Waals surface area contributed by atoms with Crippen LogP contribution >= 0.6 is 15.9 Å². The Labute approximate surface area is 113 Å². The van der Waals surface area contributed by atoms with Gasteiger partial charge in [-0.25, -0.2) is 10.8 Å². The molecule has 0 atom stereocenters. The monoisotopic (exact) mass is 305 g/mol. The molecule has 0 saturated carbocycles. The zero-order chi connectivity index (χ0) is 12.5. The maximum absolute atomic E-state index is 5.34. The molecule has 18 heavy (non-hydrogen) atoms. The number of aromatic nitrogens is 2. The number of nitrogens with zero attached hydrogens (tertiary/aromatic N) is 3. The van der Waals surface area contributed by atoms with E-state index in [0.29, 0.717) is 5.95 Å². The van der Waals surface area contributed by atoms with Gasteiger partial charge in [-0.3, -0.25) is 5.43 Å². The maximum atomic E-state index is 5.34. The minimum absolute atomic E-state index is 0.421. The first-order valence-corrected chi connectivity index (χ1v) is 6.38. The standard InChI is InChI=1S/C12H12BrN5/c13-10-5-15-12(17-14)16-11(10)18-6-8-3-1-2-4-9(8)7-18/h1-5H,6-7,14H2,(H,15,16,17). The molecule has 3 N–H and O–H groups in total. The smallest absolute Gasteiger partial charge is 0.239 e. The van der Waals surface area contributed by atoms with Crippen LogP contribution in [-0.2, 0) is 13.1 Å². The molecule has 0 fully saturated rings. The molecule has 2 heterocycles. The number of nitrogens with one attached hydrogen (secondary N) is 1. The summed E-state index contributed by atoms with van der Waals surface area (Å²) in [6.07, 6.45) is 1.71. The number of hydrogen-bond acceptors (Lipinski definition) is 5. The zero-order valence-electron chi connectivity index (χ0n) is 9.60. The van der Waals surface area contributed by atoms with Crippen LogP contribution in [0.3, 0.4) is 0 Å². The first-order valence-electron chi connectivity index (χ1n) is 5.59. The number of nitrogens with two attached hydrogens (primary N) is 1. The van der Waals surface area contributed by atoms with Gasteiger partial charge in [-0.2, -0.15) is 4.98 Å². The van der Waals surface area contributed by atoms with Crippen LogP contribution < -0.4 is 16.2 Å². The Bertz CT molecular complexity index is 561. The summed E-state index contributed by atoms with van der Waals surface area (Å²) in [5.41, 5.74) is 5.15. The van der Waals surface area contributed by atoms with Crippen LogP contribution in [0.25, 0.3) is 0 Å². The number of nitrogen functional groups attached to an aromatic ring is 1. The molecule has 0 amide bonds. The lowest BCUT2D eigenvalue weighted by atomic mass is 10.1. The van der Waals surface area contributed by atoms with E-state index in [9.17, 15) is 0 Å². The Morgan fingerprint density at radius 1 is 1.22 bits per heavy atom. The van der Waals surface area contributed by atoms with Crippen LogP contribution in [-0.4, -0.2) is 9.97 Å². The fourth-order valence-corrected chi connectivity index (χ4v) is 2.57. The third-order valence-corrected chi connectivity index (χ3v) is 3.55. The highest BCUT2D eigenvalue weighted by Gasteiger charge is 2.21. The van der Waals surface area contributed by atoms with Gasteiger partial charge in [0.2, 0.25) is 5.95 Å². The molecule has 0 saturated heterocycles. The molecule has 1 aromatic heterocycles. The number of hydrazine groups is 1. The summed E-state index contributed by atoms with van der Waals surface area (Å²) in [4.78, 5) is 10.6. The van der Waals surface area contributed by atoms with Crippen molar-refractivity contribution >= 4 is 27.7 Å². The topological polar surface area (TPSA) is 67.1 Å². The summed E-state index contributed by atoms with van der Waals surface area (Å²) >= 11 is 3.48. The van der Waals surface area contributed by atoms with Gasteiger partial charge in [0, 0.05) is 19.3 Å². The summed E-state index contributed by atoms with van der Waals surface area (Å²) in [6, 6.07) is 8.41. The Morgan fingerprint density at radius 3 is 2.50 bits per heavy atom. The van der Waals surface area contributed by atoms with Crippen molar-refractivity contribution < 1.29 is 0 Å². The van der Waals surface area contributed by atoms with Crippen LogP contribution in [0.1, 0.15) is 11.1 Å². The van der Waals surface area contributed by atoms with E-state index in [-0.39, 0.29) is 0 Å². The zero-order valence-corrected chi connectivity index (χ0v) is 11.2. The number of fused-ring (bicyclic) bond motifs is 1. The van der Waals surface area contributed by atoms with Crippen LogP contribution in [0.2, 0.25) is 0 Å². The average Bonchev–Trinajstić information content (AvgIpc) is 2.82. The predicted octanol–water partition coefficient (Wildman–Crippen LogP) is 2.04. The van der Waals surface area contributed by atoms with Gasteiger partial charge in [-0.05, 0) is 27.1 Å². The molecular formula is C12H12BrN5. The first-order chi connectivity index (χ1) is 8.78. The predicted molar refractivity (Wildman–Crippen MR) is 73.9 cm³/mol. The van der Waals surface area contributed by atoms with E-state index in [4.69, 9.17) is 5.84 Å². The highest BCUT2D eigenvalue weighted by Crippen LogP contribution is 2.31. The van der Waals surface area contributed by atoms with Crippen LogP contribution in [0.15, 0.2) is 34.9 Å². The Balaban J connectivity index is 1.94. The van der Waals surface area contributed by atoms with Crippen molar-refractivity contribution in [2.45, 2.75) is 13.1 Å². The second-order valence-corrected chi connectivity index (χ2v) is 4.99. The van der Waals surface area contributed by atoms with E-state index < -0.39 is 0 Å². The van der Waals surface area contributed by atoms with Gasteiger partial charge < -0.3 is 4.90 Å². The second-order valence-electron chi connectivity index (χ2n) is 4.13. The highest BCUT2D eigenvalue weighted by molar-refractivity contribution is 9.10. The Kier molecular flexibility index (Phi) is 2.89. The Morgan fingerprint density at radius 2 is 1.89 bits per heavy atom. The molecule has 0 bridgehead atoms. The number of rotatable bonds is 2. The second kappa shape index (κ2) is 4.55. The third-order valence-electron chi connectivity index (χ3n) is 3.00. The van der Waals surface area contributed by atoms with Crippen molar-refractivity contribution in [3.8, 4) is 0 Å². The number of hydrogen-bond donors (Lipinski definition) is 2. The third kappa shape index (κ3) is 1.93. The molecule has 0 unspecified atom stereocenters. The fourth-order valence-electron chi connectivity index (χ4n) is 2.13. The van der Waals surface area contributed by atoms with Gasteiger partial charge >= 0.3 is 0 Å². The molecule has 1 aromatic carbocycles. The lowest BCUT2D eigenvalue weighted by Gasteiger charge is -2.18. The van der Waals surface area contributed by atoms with Crippen LogP contribution in [0, 0.1) is 0 Å². The van der Waals surface area contributed by atoms with Gasteiger partial charge in [0.15, 0.2) is 0 Å². The fraction of sp³-hybridized carbons (Fsp3) is 0.167. The molecule has 0 aliphatic carbocycles. The number of anilines is 2. The first kappa shape index (κ1) is 11.4. The van der Waals surface area contributed by atoms with Crippen molar-refractivity contribution in [1.82, 2.24) is 9.97 Å². The average molecular weight is 306 g/mol. The largest absolute Gasteiger partial charge is 0.347 e. The van der Waals surface area contributed by atoms with E-state index in [2.05, 4.69) is 60.5 Å². The van der Waals surface area contributed by atoms with Crippen LogP contribution in [0.5, 0.6) is 0 Å². The molecule has 0 radical (unpaired) electrons. The lowest BCUT2D eigenvalue weighted by molar-refractivity contribution is 0.847. The van der Waals surface area contributed by atoms with Crippen LogP contribution in [0.4, 0.5) is 11.8 Å². The quantitative estimate of drug-likeness (QED) is 0.656. The molecule has 0 spiro atoms. The van der Waals surface area contributed by atoms with E-state index in [1.165, 1.54) is 11.1 Å². The summed E-state index contributed by atoms with van der Waals surface area (Å²) in [5, 5.41) is 0. The van der Waals surface area contributed by atoms with E-state index >= 15 is 0 Å². The molecule has 1 aliphatic heterocycles. The van der Waals surface area contributed by atoms with E-state index in [1.54, 1.807) is 6.20 Å². The summed E-state index contributed by atoms with van der Waals surface area (Å²) in [5.74, 6) is 6.62. The summed E-state index contributed by atoms with van der Waals surface area (Å²) in [7, 11) is 0. The van der Waals surface area contributed by atoms with Gasteiger partial charge in [0.25, 0.3) is 0 Å². The van der Waals surface area contributed by atoms with Crippen molar-refractivity contribution in [2.24, 2.45) is 5.84 Å². The van der Waals surface area contributed by atoms with Gasteiger partial charge in [0.05, 0.1) is 4.47 Å². The summed E-state index contributed by atoms with van der Waals surface area (Å²) in [6.45, 7) is 1.71. The van der Waals surface area contributed by atoms with Crippen molar-refractivity contribution in [2.75, 3.05) is 10.3 Å².